The predicted octanol–water partition coefficient (Wildman–Crippen LogP) is 1.21. The number of hydrogen-bond donors (Lipinski definition) is 0. The molecule has 0 aromatic carbocycles. The van der Waals surface area contributed by atoms with Crippen LogP contribution in [0.25, 0.3) is 0 Å². The molecule has 5 nitrogen and oxygen atoms in total. The Morgan fingerprint density at radius 2 is 2.43 bits per heavy atom. The van der Waals surface area contributed by atoms with Crippen LogP contribution >= 0.6 is 0 Å². The molecule has 74 valence electrons. The van der Waals surface area contributed by atoms with E-state index >= 15 is 0 Å². The molecule has 0 unspecified atom stereocenters. The van der Waals surface area contributed by atoms with Crippen molar-refractivity contribution >= 4 is 12.0 Å². The first-order valence-electron chi connectivity index (χ1n) is 3.90. The monoisotopic (exact) mass is 195 g/mol. The Labute approximate surface area is 80.4 Å². The molecule has 0 saturated carbocycles. The lowest BCUT2D eigenvalue weighted by molar-refractivity contribution is 0.0599. The Morgan fingerprint density at radius 1 is 1.71 bits per heavy atom. The quantitative estimate of drug-likeness (QED) is 0.413. The molecule has 0 aliphatic heterocycles. The lowest BCUT2D eigenvalue weighted by Gasteiger charge is -1.93. The zero-order valence-electron chi connectivity index (χ0n) is 7.86. The Bertz CT molecular complexity index is 388. The first-order chi connectivity index (χ1) is 6.69. The van der Waals surface area contributed by atoms with Gasteiger partial charge in [0.05, 0.1) is 7.11 Å². The normalized spacial score (nSPS) is 9.29. The smallest absolute Gasteiger partial charge is 0.341 e. The van der Waals surface area contributed by atoms with Crippen LogP contribution < -0.4 is 0 Å². The van der Waals surface area contributed by atoms with Gasteiger partial charge >= 0.3 is 5.97 Å². The molecule has 1 aromatic rings. The lowest BCUT2D eigenvalue weighted by Crippen LogP contribution is -2.00. The van der Waals surface area contributed by atoms with Gasteiger partial charge in [0, 0.05) is 0 Å². The van der Waals surface area contributed by atoms with Crippen molar-refractivity contribution in [3.8, 4) is 0 Å². The number of carbonyl (C=O) groups excluding carboxylic acids is 2. The van der Waals surface area contributed by atoms with E-state index in [0.29, 0.717) is 17.1 Å². The summed E-state index contributed by atoms with van der Waals surface area (Å²) in [6, 6.07) is 1.50. The number of rotatable bonds is 3. The number of ether oxygens (including phenoxy) is 1. The number of aryl methyl sites for hydroxylation is 1. The second-order valence-corrected chi connectivity index (χ2v) is 2.58. The van der Waals surface area contributed by atoms with E-state index in [4.69, 9.17) is 4.42 Å². The van der Waals surface area contributed by atoms with Gasteiger partial charge in [0.25, 0.3) is 0 Å². The van der Waals surface area contributed by atoms with Crippen LogP contribution in [0.15, 0.2) is 15.5 Å². The molecule has 0 saturated heterocycles. The van der Waals surface area contributed by atoms with Crippen molar-refractivity contribution in [1.82, 2.24) is 0 Å². The minimum absolute atomic E-state index is 0.0847. The Balaban J connectivity index is 2.92. The van der Waals surface area contributed by atoms with E-state index in [-0.39, 0.29) is 6.54 Å². The van der Waals surface area contributed by atoms with Gasteiger partial charge in [0.2, 0.25) is 6.08 Å². The molecule has 1 heterocycles. The van der Waals surface area contributed by atoms with Crippen LogP contribution in [-0.2, 0) is 16.1 Å². The molecule has 0 spiro atoms. The summed E-state index contributed by atoms with van der Waals surface area (Å²) in [5.41, 5.74) is 0.351. The molecule has 0 radical (unpaired) electrons. The highest BCUT2D eigenvalue weighted by molar-refractivity contribution is 5.90. The molecular formula is C9H9NO4. The van der Waals surface area contributed by atoms with E-state index in [1.165, 1.54) is 19.3 Å². The largest absolute Gasteiger partial charge is 0.465 e. The van der Waals surface area contributed by atoms with Crippen molar-refractivity contribution in [2.24, 2.45) is 4.99 Å². The van der Waals surface area contributed by atoms with Gasteiger partial charge in [-0.15, -0.1) is 0 Å². The van der Waals surface area contributed by atoms with Crippen LogP contribution in [0.1, 0.15) is 21.9 Å². The third-order valence-corrected chi connectivity index (χ3v) is 1.67. The molecule has 1 aromatic heterocycles. The average Bonchev–Trinajstić information content (AvgIpc) is 2.55. The van der Waals surface area contributed by atoms with Gasteiger partial charge in [-0.05, 0) is 13.0 Å². The third kappa shape index (κ3) is 2.08. The number of isocyanates is 1. The highest BCUT2D eigenvalue weighted by Crippen LogP contribution is 2.15. The maximum atomic E-state index is 11.1. The van der Waals surface area contributed by atoms with Crippen molar-refractivity contribution in [3.63, 3.8) is 0 Å². The number of carbonyl (C=O) groups is 1. The van der Waals surface area contributed by atoms with Crippen molar-refractivity contribution in [1.29, 1.82) is 0 Å². The molecule has 0 aliphatic carbocycles. The molecule has 5 heteroatoms. The van der Waals surface area contributed by atoms with Gasteiger partial charge in [-0.25, -0.2) is 9.59 Å². The molecule has 1 rings (SSSR count). The summed E-state index contributed by atoms with van der Waals surface area (Å²) in [5.74, 6) is 0.423. The van der Waals surface area contributed by atoms with Gasteiger partial charge in [-0.2, -0.15) is 4.99 Å². The van der Waals surface area contributed by atoms with Crippen molar-refractivity contribution in [2.45, 2.75) is 13.5 Å². The fraction of sp³-hybridized carbons (Fsp3) is 0.333. The molecule has 0 aliphatic rings. The van der Waals surface area contributed by atoms with Gasteiger partial charge in [0.1, 0.15) is 23.6 Å². The fourth-order valence-corrected chi connectivity index (χ4v) is 1.04. The minimum atomic E-state index is -0.465. The summed E-state index contributed by atoms with van der Waals surface area (Å²) in [6.45, 7) is 1.72. The van der Waals surface area contributed by atoms with E-state index in [1.54, 1.807) is 6.92 Å². The van der Waals surface area contributed by atoms with Crippen molar-refractivity contribution < 1.29 is 18.7 Å². The number of aliphatic imine (C=N–C) groups is 1. The fourth-order valence-electron chi connectivity index (χ4n) is 1.04. The standard InChI is InChI=1S/C9H9NO4/c1-6-8(9(12)13-2)3-7(14-6)4-10-5-11/h3H,4H2,1-2H3. The third-order valence-electron chi connectivity index (χ3n) is 1.67. The molecule has 0 bridgehead atoms. The summed E-state index contributed by atoms with van der Waals surface area (Å²) < 4.78 is 9.69. The van der Waals surface area contributed by atoms with Gasteiger partial charge in [0.15, 0.2) is 0 Å². The second kappa shape index (κ2) is 4.39. The number of nitrogens with zero attached hydrogens (tertiary/aromatic N) is 1. The van der Waals surface area contributed by atoms with Crippen LogP contribution in [0.2, 0.25) is 0 Å². The van der Waals surface area contributed by atoms with Crippen LogP contribution in [0.3, 0.4) is 0 Å². The summed E-state index contributed by atoms with van der Waals surface area (Å²) in [6.07, 6.45) is 1.39. The van der Waals surface area contributed by atoms with Gasteiger partial charge in [-0.1, -0.05) is 0 Å². The minimum Gasteiger partial charge on any atom is -0.465 e. The summed E-state index contributed by atoms with van der Waals surface area (Å²) in [7, 11) is 1.29. The maximum absolute atomic E-state index is 11.1. The molecule has 0 N–H and O–H groups in total. The number of hydrogen-bond acceptors (Lipinski definition) is 5. The molecule has 0 amide bonds. The SMILES string of the molecule is COC(=O)c1cc(CN=C=O)oc1C. The maximum Gasteiger partial charge on any atom is 0.341 e. The van der Waals surface area contributed by atoms with Crippen LogP contribution in [-0.4, -0.2) is 19.2 Å². The second-order valence-electron chi connectivity index (χ2n) is 2.58. The Morgan fingerprint density at radius 3 is 3.00 bits per heavy atom. The van der Waals surface area contributed by atoms with Crippen LogP contribution in [0.5, 0.6) is 0 Å². The Hall–Kier alpha value is -1.87. The van der Waals surface area contributed by atoms with Crippen molar-refractivity contribution in [3.05, 3.63) is 23.2 Å². The van der Waals surface area contributed by atoms with E-state index in [9.17, 15) is 9.59 Å². The van der Waals surface area contributed by atoms with Crippen molar-refractivity contribution in [2.75, 3.05) is 7.11 Å². The average molecular weight is 195 g/mol. The lowest BCUT2D eigenvalue weighted by atomic mass is 10.2. The van der Waals surface area contributed by atoms with E-state index in [0.717, 1.165) is 0 Å². The highest BCUT2D eigenvalue weighted by atomic mass is 16.5. The zero-order valence-corrected chi connectivity index (χ0v) is 7.86. The van der Waals surface area contributed by atoms with Crippen LogP contribution in [0, 0.1) is 6.92 Å². The molecular weight excluding hydrogens is 186 g/mol. The van der Waals surface area contributed by atoms with E-state index in [1.807, 2.05) is 0 Å². The van der Waals surface area contributed by atoms with Crippen LogP contribution in [0.4, 0.5) is 0 Å². The van der Waals surface area contributed by atoms with Gasteiger partial charge in [-0.3, -0.25) is 0 Å². The molecule has 14 heavy (non-hydrogen) atoms. The summed E-state index contributed by atoms with van der Waals surface area (Å²) in [4.78, 5) is 24.3. The summed E-state index contributed by atoms with van der Waals surface area (Å²) >= 11 is 0. The topological polar surface area (TPSA) is 68.9 Å². The number of furan rings is 1. The Kier molecular flexibility index (Phi) is 3.20. The van der Waals surface area contributed by atoms with E-state index < -0.39 is 5.97 Å². The first-order valence-corrected chi connectivity index (χ1v) is 3.90. The predicted molar refractivity (Wildman–Crippen MR) is 46.6 cm³/mol. The molecule has 0 atom stereocenters. The van der Waals surface area contributed by atoms with E-state index in [2.05, 4.69) is 9.73 Å². The number of methoxy groups -OCH3 is 1. The first kappa shape index (κ1) is 10.2. The highest BCUT2D eigenvalue weighted by Gasteiger charge is 2.14. The molecule has 0 fully saturated rings. The van der Waals surface area contributed by atoms with Gasteiger partial charge < -0.3 is 9.15 Å². The number of esters is 1. The summed E-state index contributed by atoms with van der Waals surface area (Å²) in [5, 5.41) is 0. The zero-order chi connectivity index (χ0) is 10.6.